The highest BCUT2D eigenvalue weighted by Gasteiger charge is 2.27. The molecule has 0 unspecified atom stereocenters. The molecule has 7 nitrogen and oxygen atoms in total. The summed E-state index contributed by atoms with van der Waals surface area (Å²) >= 11 is 1.39. The summed E-state index contributed by atoms with van der Waals surface area (Å²) in [6.07, 6.45) is 5.03. The highest BCUT2D eigenvalue weighted by atomic mass is 32.2. The number of pyridine rings is 2. The van der Waals surface area contributed by atoms with E-state index in [1.807, 2.05) is 18.2 Å². The van der Waals surface area contributed by atoms with Crippen LogP contribution >= 0.6 is 11.8 Å². The Bertz CT molecular complexity index is 1150. The van der Waals surface area contributed by atoms with Crippen molar-refractivity contribution in [2.45, 2.75) is 27.8 Å². The van der Waals surface area contributed by atoms with E-state index in [0.29, 0.717) is 23.8 Å². The standard InChI is InChI=1S/C21H20N4O3S2/c26-21(16-6-5-7-18(14-16)30(27,28)25-12-3-4-13-25)24-17-9-11-23-20(15-17)29-19-8-1-2-10-22-19/h1-2,5-11,14-15H,3-4,12-13H2,(H,23,24,26). The van der Waals surface area contributed by atoms with Crippen molar-refractivity contribution in [3.05, 3.63) is 72.6 Å². The molecule has 2 aromatic heterocycles. The molecule has 1 fully saturated rings. The smallest absolute Gasteiger partial charge is 0.255 e. The van der Waals surface area contributed by atoms with Crippen molar-refractivity contribution in [1.82, 2.24) is 14.3 Å². The maximum Gasteiger partial charge on any atom is 0.255 e. The maximum absolute atomic E-state index is 12.8. The van der Waals surface area contributed by atoms with E-state index < -0.39 is 10.0 Å². The minimum Gasteiger partial charge on any atom is -0.322 e. The Hall–Kier alpha value is -2.75. The number of benzene rings is 1. The fraction of sp³-hybridized carbons (Fsp3) is 0.190. The van der Waals surface area contributed by atoms with Gasteiger partial charge >= 0.3 is 0 Å². The van der Waals surface area contributed by atoms with E-state index in [2.05, 4.69) is 15.3 Å². The first kappa shape index (κ1) is 20.5. The van der Waals surface area contributed by atoms with Crippen molar-refractivity contribution in [2.75, 3.05) is 18.4 Å². The number of amides is 1. The third-order valence-electron chi connectivity index (χ3n) is 4.64. The van der Waals surface area contributed by atoms with Crippen LogP contribution in [0.5, 0.6) is 0 Å². The summed E-state index contributed by atoms with van der Waals surface area (Å²) in [5.74, 6) is -0.381. The molecule has 1 aromatic carbocycles. The lowest BCUT2D eigenvalue weighted by Crippen LogP contribution is -2.28. The highest BCUT2D eigenvalue weighted by Crippen LogP contribution is 2.26. The molecule has 154 valence electrons. The Labute approximate surface area is 179 Å². The molecule has 9 heteroatoms. The van der Waals surface area contributed by atoms with Gasteiger partial charge in [-0.3, -0.25) is 4.79 Å². The summed E-state index contributed by atoms with van der Waals surface area (Å²) < 4.78 is 27.0. The van der Waals surface area contributed by atoms with Gasteiger partial charge in [0.15, 0.2) is 0 Å². The second-order valence-corrected chi connectivity index (χ2v) is 9.72. The van der Waals surface area contributed by atoms with Gasteiger partial charge in [0.05, 0.1) is 4.90 Å². The number of hydrogen-bond acceptors (Lipinski definition) is 6. The lowest BCUT2D eigenvalue weighted by molar-refractivity contribution is 0.102. The van der Waals surface area contributed by atoms with E-state index in [9.17, 15) is 13.2 Å². The molecular formula is C21H20N4O3S2. The molecule has 1 aliphatic rings. The van der Waals surface area contributed by atoms with Crippen LogP contribution in [-0.2, 0) is 10.0 Å². The van der Waals surface area contributed by atoms with E-state index in [4.69, 9.17) is 0 Å². The van der Waals surface area contributed by atoms with Gasteiger partial charge in [0, 0.05) is 36.7 Å². The number of sulfonamides is 1. The van der Waals surface area contributed by atoms with Crippen LogP contribution < -0.4 is 5.32 Å². The van der Waals surface area contributed by atoms with Gasteiger partial charge in [0.25, 0.3) is 5.91 Å². The van der Waals surface area contributed by atoms with Gasteiger partial charge in [-0.1, -0.05) is 23.9 Å². The molecule has 1 saturated heterocycles. The minimum absolute atomic E-state index is 0.137. The first-order chi connectivity index (χ1) is 14.5. The Kier molecular flexibility index (Phi) is 6.12. The van der Waals surface area contributed by atoms with E-state index >= 15 is 0 Å². The zero-order chi connectivity index (χ0) is 21.0. The SMILES string of the molecule is O=C(Nc1ccnc(Sc2ccccn2)c1)c1cccc(S(=O)(=O)N2CCCC2)c1. The third kappa shape index (κ3) is 4.69. The minimum atomic E-state index is -3.58. The average Bonchev–Trinajstić information content (AvgIpc) is 3.31. The van der Waals surface area contributed by atoms with Crippen molar-refractivity contribution in [2.24, 2.45) is 0 Å². The normalized spacial score (nSPS) is 14.5. The number of nitrogens with one attached hydrogen (secondary N) is 1. The molecule has 3 aromatic rings. The summed E-state index contributed by atoms with van der Waals surface area (Å²) in [6.45, 7) is 1.04. The molecule has 0 bridgehead atoms. The van der Waals surface area contributed by atoms with Crippen LogP contribution in [0.25, 0.3) is 0 Å². The topological polar surface area (TPSA) is 92.3 Å². The quantitative estimate of drug-likeness (QED) is 0.629. The fourth-order valence-electron chi connectivity index (χ4n) is 3.14. The summed E-state index contributed by atoms with van der Waals surface area (Å²) in [5, 5.41) is 4.30. The molecule has 1 aliphatic heterocycles. The Morgan fingerprint density at radius 1 is 0.933 bits per heavy atom. The van der Waals surface area contributed by atoms with Crippen molar-refractivity contribution < 1.29 is 13.2 Å². The van der Waals surface area contributed by atoms with Gasteiger partial charge in [-0.25, -0.2) is 18.4 Å². The molecule has 1 N–H and O–H groups in total. The van der Waals surface area contributed by atoms with Crippen molar-refractivity contribution >= 4 is 33.4 Å². The molecule has 0 radical (unpaired) electrons. The lowest BCUT2D eigenvalue weighted by Gasteiger charge is -2.16. The molecule has 0 aliphatic carbocycles. The maximum atomic E-state index is 12.8. The summed E-state index contributed by atoms with van der Waals surface area (Å²) in [6, 6.07) is 15.2. The van der Waals surface area contributed by atoms with Crippen LogP contribution in [-0.4, -0.2) is 41.7 Å². The molecule has 30 heavy (non-hydrogen) atoms. The van der Waals surface area contributed by atoms with Crippen LogP contribution in [0.4, 0.5) is 5.69 Å². The average molecular weight is 441 g/mol. The predicted molar refractivity (Wildman–Crippen MR) is 115 cm³/mol. The van der Waals surface area contributed by atoms with Gasteiger partial charge < -0.3 is 5.32 Å². The zero-order valence-electron chi connectivity index (χ0n) is 16.1. The van der Waals surface area contributed by atoms with Crippen molar-refractivity contribution in [1.29, 1.82) is 0 Å². The fourth-order valence-corrected chi connectivity index (χ4v) is 5.47. The largest absolute Gasteiger partial charge is 0.322 e. The van der Waals surface area contributed by atoms with Crippen LogP contribution in [0.2, 0.25) is 0 Å². The Morgan fingerprint density at radius 3 is 2.50 bits per heavy atom. The molecule has 0 atom stereocenters. The van der Waals surface area contributed by atoms with E-state index in [-0.39, 0.29) is 16.4 Å². The molecule has 0 saturated carbocycles. The van der Waals surface area contributed by atoms with Gasteiger partial charge in [0.2, 0.25) is 10.0 Å². The second kappa shape index (κ2) is 8.95. The monoisotopic (exact) mass is 440 g/mol. The number of nitrogens with zero attached hydrogens (tertiary/aromatic N) is 3. The third-order valence-corrected chi connectivity index (χ3v) is 7.42. The van der Waals surface area contributed by atoms with Crippen molar-refractivity contribution in [3.63, 3.8) is 0 Å². The Morgan fingerprint density at radius 2 is 1.73 bits per heavy atom. The van der Waals surface area contributed by atoms with Crippen LogP contribution in [0.15, 0.2) is 81.9 Å². The van der Waals surface area contributed by atoms with Crippen molar-refractivity contribution in [3.8, 4) is 0 Å². The van der Waals surface area contributed by atoms with Crippen LogP contribution in [0.3, 0.4) is 0 Å². The number of aromatic nitrogens is 2. The van der Waals surface area contributed by atoms with E-state index in [1.165, 1.54) is 28.2 Å². The Balaban J connectivity index is 1.50. The van der Waals surface area contributed by atoms with Gasteiger partial charge in [-0.2, -0.15) is 4.31 Å². The second-order valence-electron chi connectivity index (χ2n) is 6.75. The zero-order valence-corrected chi connectivity index (χ0v) is 17.7. The number of carbonyl (C=O) groups excluding carboxylic acids is 1. The highest BCUT2D eigenvalue weighted by molar-refractivity contribution is 7.99. The van der Waals surface area contributed by atoms with E-state index in [0.717, 1.165) is 17.9 Å². The van der Waals surface area contributed by atoms with Gasteiger partial charge in [-0.15, -0.1) is 0 Å². The summed E-state index contributed by atoms with van der Waals surface area (Å²) in [5.41, 5.74) is 0.854. The predicted octanol–water partition coefficient (Wildman–Crippen LogP) is 3.66. The van der Waals surface area contributed by atoms with Crippen LogP contribution in [0.1, 0.15) is 23.2 Å². The number of carbonyl (C=O) groups is 1. The number of rotatable bonds is 6. The number of anilines is 1. The van der Waals surface area contributed by atoms with Gasteiger partial charge in [0.1, 0.15) is 10.1 Å². The lowest BCUT2D eigenvalue weighted by atomic mass is 10.2. The summed E-state index contributed by atoms with van der Waals surface area (Å²) in [4.78, 5) is 21.4. The first-order valence-corrected chi connectivity index (χ1v) is 11.7. The van der Waals surface area contributed by atoms with Crippen LogP contribution in [0, 0.1) is 0 Å². The summed E-state index contributed by atoms with van der Waals surface area (Å²) in [7, 11) is -3.58. The van der Waals surface area contributed by atoms with E-state index in [1.54, 1.807) is 36.7 Å². The molecule has 3 heterocycles. The molecule has 4 rings (SSSR count). The number of hydrogen-bond donors (Lipinski definition) is 1. The first-order valence-electron chi connectivity index (χ1n) is 9.49. The van der Waals surface area contributed by atoms with Gasteiger partial charge in [-0.05, 0) is 55.3 Å². The molecular weight excluding hydrogens is 420 g/mol. The molecule has 0 spiro atoms. The molecule has 1 amide bonds.